The Labute approximate surface area is 122 Å². The van der Waals surface area contributed by atoms with Crippen LogP contribution in [0.2, 0.25) is 0 Å². The van der Waals surface area contributed by atoms with E-state index < -0.39 is 0 Å². The minimum absolute atomic E-state index is 0.163. The molecule has 0 fully saturated rings. The Hall–Kier alpha value is -1.82. The zero-order valence-electron chi connectivity index (χ0n) is 12.4. The molecule has 3 rings (SSSR count). The summed E-state index contributed by atoms with van der Waals surface area (Å²) in [5, 5.41) is 0. The number of aryl methyl sites for hydroxylation is 2. The van der Waals surface area contributed by atoms with Gasteiger partial charge in [0.15, 0.2) is 0 Å². The van der Waals surface area contributed by atoms with Crippen LogP contribution < -0.4 is 0 Å². The van der Waals surface area contributed by atoms with Gasteiger partial charge in [-0.3, -0.25) is 0 Å². The highest BCUT2D eigenvalue weighted by atomic mass is 14.4. The van der Waals surface area contributed by atoms with E-state index in [1.165, 1.54) is 35.1 Å². The summed E-state index contributed by atoms with van der Waals surface area (Å²) in [7, 11) is 0. The largest absolute Gasteiger partial charge is 0.0885 e. The van der Waals surface area contributed by atoms with Crippen molar-refractivity contribution in [2.45, 2.75) is 38.5 Å². The first-order valence-corrected chi connectivity index (χ1v) is 7.50. The molecule has 0 heterocycles. The molecule has 1 aliphatic carbocycles. The number of allylic oxidation sites excluding steroid dienone is 2. The van der Waals surface area contributed by atoms with Gasteiger partial charge in [-0.2, -0.15) is 0 Å². The SMILES string of the molecule is Cc1ccc(C2(c3ccc(C)cc3)CC=CCC2)cc1. The van der Waals surface area contributed by atoms with Crippen molar-refractivity contribution in [3.63, 3.8) is 0 Å². The van der Waals surface area contributed by atoms with E-state index in [9.17, 15) is 0 Å². The molecule has 0 heteroatoms. The summed E-state index contributed by atoms with van der Waals surface area (Å²) in [6, 6.07) is 18.2. The molecule has 0 unspecified atom stereocenters. The highest BCUT2D eigenvalue weighted by Crippen LogP contribution is 2.42. The number of hydrogen-bond acceptors (Lipinski definition) is 0. The Balaban J connectivity index is 2.11. The molecule has 0 radical (unpaired) electrons. The topological polar surface area (TPSA) is 0 Å². The lowest BCUT2D eigenvalue weighted by atomic mass is 9.67. The number of hydrogen-bond donors (Lipinski definition) is 0. The fourth-order valence-corrected chi connectivity index (χ4v) is 3.27. The minimum atomic E-state index is 0.163. The van der Waals surface area contributed by atoms with Crippen LogP contribution in [0.5, 0.6) is 0 Å². The summed E-state index contributed by atoms with van der Waals surface area (Å²) in [6.45, 7) is 4.31. The first-order chi connectivity index (χ1) is 9.71. The monoisotopic (exact) mass is 262 g/mol. The number of rotatable bonds is 2. The molecule has 2 aromatic carbocycles. The Morgan fingerprint density at radius 2 is 1.20 bits per heavy atom. The van der Waals surface area contributed by atoms with E-state index in [4.69, 9.17) is 0 Å². The van der Waals surface area contributed by atoms with E-state index in [0.29, 0.717) is 0 Å². The van der Waals surface area contributed by atoms with Gasteiger partial charge in [0.2, 0.25) is 0 Å². The summed E-state index contributed by atoms with van der Waals surface area (Å²) >= 11 is 0. The van der Waals surface area contributed by atoms with Crippen LogP contribution in [-0.4, -0.2) is 0 Å². The third kappa shape index (κ3) is 2.31. The summed E-state index contributed by atoms with van der Waals surface area (Å²) in [5.74, 6) is 0. The van der Waals surface area contributed by atoms with Crippen LogP contribution in [-0.2, 0) is 5.41 Å². The molecule has 2 aromatic rings. The van der Waals surface area contributed by atoms with Crippen LogP contribution in [0.3, 0.4) is 0 Å². The van der Waals surface area contributed by atoms with E-state index in [0.717, 1.165) is 6.42 Å². The molecule has 0 aliphatic heterocycles. The van der Waals surface area contributed by atoms with Gasteiger partial charge < -0.3 is 0 Å². The van der Waals surface area contributed by atoms with Gasteiger partial charge in [0.05, 0.1) is 0 Å². The molecule has 102 valence electrons. The third-order valence-corrected chi connectivity index (χ3v) is 4.58. The maximum Gasteiger partial charge on any atom is 0.0240 e. The van der Waals surface area contributed by atoms with Gasteiger partial charge in [-0.15, -0.1) is 0 Å². The van der Waals surface area contributed by atoms with Gasteiger partial charge >= 0.3 is 0 Å². The quantitative estimate of drug-likeness (QED) is 0.642. The van der Waals surface area contributed by atoms with Crippen LogP contribution in [0.25, 0.3) is 0 Å². The highest BCUT2D eigenvalue weighted by Gasteiger charge is 2.33. The molecule has 0 amide bonds. The normalized spacial score (nSPS) is 17.1. The Bertz CT molecular complexity index is 554. The first kappa shape index (κ1) is 13.2. The molecular formula is C20H22. The van der Waals surface area contributed by atoms with Crippen molar-refractivity contribution >= 4 is 0 Å². The van der Waals surface area contributed by atoms with E-state index in [1.807, 2.05) is 0 Å². The summed E-state index contributed by atoms with van der Waals surface area (Å²) in [5.41, 5.74) is 5.74. The van der Waals surface area contributed by atoms with Crippen molar-refractivity contribution in [2.75, 3.05) is 0 Å². The first-order valence-electron chi connectivity index (χ1n) is 7.50. The van der Waals surface area contributed by atoms with E-state index in [2.05, 4.69) is 74.5 Å². The molecule has 0 saturated heterocycles. The molecule has 0 bridgehead atoms. The van der Waals surface area contributed by atoms with Crippen LogP contribution in [0.1, 0.15) is 41.5 Å². The van der Waals surface area contributed by atoms with Crippen LogP contribution >= 0.6 is 0 Å². The Morgan fingerprint density at radius 3 is 1.60 bits per heavy atom. The fourth-order valence-electron chi connectivity index (χ4n) is 3.27. The molecule has 0 nitrogen and oxygen atoms in total. The van der Waals surface area contributed by atoms with Crippen molar-refractivity contribution in [3.8, 4) is 0 Å². The molecule has 0 atom stereocenters. The van der Waals surface area contributed by atoms with Crippen molar-refractivity contribution in [2.24, 2.45) is 0 Å². The lowest BCUT2D eigenvalue weighted by Crippen LogP contribution is -2.28. The van der Waals surface area contributed by atoms with Crippen molar-refractivity contribution in [1.29, 1.82) is 0 Å². The van der Waals surface area contributed by atoms with Gasteiger partial charge in [-0.1, -0.05) is 71.8 Å². The van der Waals surface area contributed by atoms with Crippen molar-refractivity contribution < 1.29 is 0 Å². The molecule has 20 heavy (non-hydrogen) atoms. The van der Waals surface area contributed by atoms with E-state index in [1.54, 1.807) is 0 Å². The summed E-state index contributed by atoms with van der Waals surface area (Å²) < 4.78 is 0. The predicted molar refractivity (Wildman–Crippen MR) is 86.1 cm³/mol. The minimum Gasteiger partial charge on any atom is -0.0885 e. The Kier molecular flexibility index (Phi) is 3.48. The lowest BCUT2D eigenvalue weighted by Gasteiger charge is -2.36. The predicted octanol–water partition coefficient (Wildman–Crippen LogP) is 5.33. The zero-order chi connectivity index (χ0) is 14.0. The second-order valence-electron chi connectivity index (χ2n) is 6.03. The maximum absolute atomic E-state index is 2.35. The smallest absolute Gasteiger partial charge is 0.0240 e. The fraction of sp³-hybridized carbons (Fsp3) is 0.300. The standard InChI is InChI=1S/C20H22/c1-16-6-10-18(11-7-16)20(14-4-3-5-15-20)19-12-8-17(2)9-13-19/h3-4,6-13H,5,14-15H2,1-2H3. The average molecular weight is 262 g/mol. The van der Waals surface area contributed by atoms with Gasteiger partial charge in [0.1, 0.15) is 0 Å². The third-order valence-electron chi connectivity index (χ3n) is 4.58. The zero-order valence-corrected chi connectivity index (χ0v) is 12.4. The van der Waals surface area contributed by atoms with Gasteiger partial charge in [-0.25, -0.2) is 0 Å². The molecule has 0 aromatic heterocycles. The van der Waals surface area contributed by atoms with Crippen LogP contribution in [0.4, 0.5) is 0 Å². The molecule has 1 aliphatic rings. The van der Waals surface area contributed by atoms with Gasteiger partial charge in [-0.05, 0) is 44.2 Å². The molecular weight excluding hydrogens is 240 g/mol. The van der Waals surface area contributed by atoms with Crippen molar-refractivity contribution in [3.05, 3.63) is 82.9 Å². The lowest BCUT2D eigenvalue weighted by molar-refractivity contribution is 0.465. The molecule has 0 spiro atoms. The maximum atomic E-state index is 2.35. The van der Waals surface area contributed by atoms with E-state index >= 15 is 0 Å². The summed E-state index contributed by atoms with van der Waals surface area (Å²) in [6.07, 6.45) is 8.15. The average Bonchev–Trinajstić information content (AvgIpc) is 2.49. The van der Waals surface area contributed by atoms with Crippen LogP contribution in [0.15, 0.2) is 60.7 Å². The van der Waals surface area contributed by atoms with Crippen molar-refractivity contribution in [1.82, 2.24) is 0 Å². The van der Waals surface area contributed by atoms with Gasteiger partial charge in [0.25, 0.3) is 0 Å². The van der Waals surface area contributed by atoms with Gasteiger partial charge in [0, 0.05) is 5.41 Å². The van der Waals surface area contributed by atoms with E-state index in [-0.39, 0.29) is 5.41 Å². The molecule has 0 saturated carbocycles. The van der Waals surface area contributed by atoms with Crippen LogP contribution in [0, 0.1) is 13.8 Å². The Morgan fingerprint density at radius 1 is 0.700 bits per heavy atom. The number of benzene rings is 2. The highest BCUT2D eigenvalue weighted by molar-refractivity contribution is 5.42. The molecule has 0 N–H and O–H groups in total. The second-order valence-corrected chi connectivity index (χ2v) is 6.03. The summed E-state index contributed by atoms with van der Waals surface area (Å²) in [4.78, 5) is 0. The second kappa shape index (κ2) is 5.28.